The van der Waals surface area contributed by atoms with E-state index in [9.17, 15) is 14.9 Å². The number of carbonyl (C=O) groups excluding carboxylic acids is 1. The molecule has 8 heteroatoms. The molecule has 1 amide bonds. The number of nitrogens with one attached hydrogen (secondary N) is 1. The number of nitrogens with zero attached hydrogens (tertiary/aromatic N) is 3. The number of hydrogen-bond donors (Lipinski definition) is 1. The fourth-order valence-electron chi connectivity index (χ4n) is 3.33. The standard InChI is InChI=1S/C20H24N4O4/c1-15-13-16(24(26)27)7-8-17(15)21-20(25)14-22-9-11-23(12-10-22)18-5-3-4-6-19(18)28-2/h3-8,13H,9-12,14H2,1-2H3,(H,21,25). The maximum Gasteiger partial charge on any atom is 0.269 e. The number of nitro groups is 1. The molecule has 1 aliphatic rings. The molecule has 1 aliphatic heterocycles. The van der Waals surface area contributed by atoms with Gasteiger partial charge in [0.15, 0.2) is 0 Å². The van der Waals surface area contributed by atoms with Gasteiger partial charge in [0, 0.05) is 44.0 Å². The first-order chi connectivity index (χ1) is 13.5. The Morgan fingerprint density at radius 3 is 2.54 bits per heavy atom. The van der Waals surface area contributed by atoms with Crippen LogP contribution in [0.2, 0.25) is 0 Å². The SMILES string of the molecule is COc1ccccc1N1CCN(CC(=O)Nc2ccc([N+](=O)[O-])cc2C)CC1. The molecule has 3 rings (SSSR count). The average molecular weight is 384 g/mol. The summed E-state index contributed by atoms with van der Waals surface area (Å²) in [6, 6.07) is 12.4. The second-order valence-electron chi connectivity index (χ2n) is 6.74. The third kappa shape index (κ3) is 4.58. The van der Waals surface area contributed by atoms with Crippen molar-refractivity contribution in [1.82, 2.24) is 4.90 Å². The van der Waals surface area contributed by atoms with Crippen LogP contribution < -0.4 is 15.0 Å². The molecular weight excluding hydrogens is 360 g/mol. The molecule has 8 nitrogen and oxygen atoms in total. The lowest BCUT2D eigenvalue weighted by molar-refractivity contribution is -0.384. The third-order valence-electron chi connectivity index (χ3n) is 4.86. The second-order valence-corrected chi connectivity index (χ2v) is 6.74. The summed E-state index contributed by atoms with van der Waals surface area (Å²) in [5, 5.41) is 13.7. The summed E-state index contributed by atoms with van der Waals surface area (Å²) < 4.78 is 5.43. The van der Waals surface area contributed by atoms with Gasteiger partial charge in [-0.3, -0.25) is 19.8 Å². The molecule has 1 heterocycles. The molecule has 148 valence electrons. The quantitative estimate of drug-likeness (QED) is 0.609. The fraction of sp³-hybridized carbons (Fsp3) is 0.350. The summed E-state index contributed by atoms with van der Waals surface area (Å²) in [5.74, 6) is 0.727. The highest BCUT2D eigenvalue weighted by Gasteiger charge is 2.21. The smallest absolute Gasteiger partial charge is 0.269 e. The van der Waals surface area contributed by atoms with Gasteiger partial charge < -0.3 is 15.0 Å². The summed E-state index contributed by atoms with van der Waals surface area (Å²) in [6.45, 7) is 5.19. The van der Waals surface area contributed by atoms with Gasteiger partial charge in [0.2, 0.25) is 5.91 Å². The maximum atomic E-state index is 12.4. The Labute approximate surface area is 163 Å². The van der Waals surface area contributed by atoms with Crippen molar-refractivity contribution >= 4 is 23.0 Å². The highest BCUT2D eigenvalue weighted by Crippen LogP contribution is 2.28. The summed E-state index contributed by atoms with van der Waals surface area (Å²) >= 11 is 0. The van der Waals surface area contributed by atoms with Crippen LogP contribution in [-0.4, -0.2) is 55.6 Å². The molecule has 1 N–H and O–H groups in total. The lowest BCUT2D eigenvalue weighted by Crippen LogP contribution is -2.48. The van der Waals surface area contributed by atoms with Crippen LogP contribution in [0.4, 0.5) is 17.1 Å². The predicted molar refractivity (Wildman–Crippen MR) is 108 cm³/mol. The molecule has 0 spiro atoms. The maximum absolute atomic E-state index is 12.4. The number of ether oxygens (including phenoxy) is 1. The van der Waals surface area contributed by atoms with Crippen LogP contribution in [-0.2, 0) is 4.79 Å². The highest BCUT2D eigenvalue weighted by atomic mass is 16.6. The molecule has 2 aromatic carbocycles. The van der Waals surface area contributed by atoms with Crippen molar-refractivity contribution in [1.29, 1.82) is 0 Å². The molecule has 2 aromatic rings. The molecule has 28 heavy (non-hydrogen) atoms. The molecule has 0 aromatic heterocycles. The number of carbonyl (C=O) groups is 1. The first-order valence-corrected chi connectivity index (χ1v) is 9.13. The highest BCUT2D eigenvalue weighted by molar-refractivity contribution is 5.93. The minimum atomic E-state index is -0.445. The summed E-state index contributed by atoms with van der Waals surface area (Å²) in [7, 11) is 1.67. The molecule has 0 radical (unpaired) electrons. The minimum Gasteiger partial charge on any atom is -0.495 e. The van der Waals surface area contributed by atoms with Crippen molar-refractivity contribution in [2.75, 3.05) is 50.1 Å². The van der Waals surface area contributed by atoms with Crippen molar-refractivity contribution in [2.24, 2.45) is 0 Å². The Bertz CT molecular complexity index is 863. The van der Waals surface area contributed by atoms with Gasteiger partial charge in [-0.05, 0) is 30.7 Å². The van der Waals surface area contributed by atoms with Gasteiger partial charge in [-0.25, -0.2) is 0 Å². The van der Waals surface area contributed by atoms with Crippen molar-refractivity contribution in [3.05, 3.63) is 58.1 Å². The monoisotopic (exact) mass is 384 g/mol. The lowest BCUT2D eigenvalue weighted by atomic mass is 10.1. The Morgan fingerprint density at radius 1 is 1.18 bits per heavy atom. The van der Waals surface area contributed by atoms with E-state index in [1.807, 2.05) is 24.3 Å². The number of piperazine rings is 1. The van der Waals surface area contributed by atoms with E-state index in [1.54, 1.807) is 20.1 Å². The second kappa shape index (κ2) is 8.71. The molecule has 1 saturated heterocycles. The summed E-state index contributed by atoms with van der Waals surface area (Å²) in [5.41, 5.74) is 2.35. The largest absolute Gasteiger partial charge is 0.495 e. The number of methoxy groups -OCH3 is 1. The molecule has 0 aliphatic carbocycles. The minimum absolute atomic E-state index is 0.0166. The zero-order valence-electron chi connectivity index (χ0n) is 16.1. The molecule has 0 atom stereocenters. The van der Waals surface area contributed by atoms with Crippen LogP contribution in [0.5, 0.6) is 5.75 Å². The van der Waals surface area contributed by atoms with E-state index < -0.39 is 4.92 Å². The Morgan fingerprint density at radius 2 is 1.89 bits per heavy atom. The number of anilines is 2. The fourth-order valence-corrected chi connectivity index (χ4v) is 3.33. The number of nitro benzene ring substituents is 1. The number of benzene rings is 2. The van der Waals surface area contributed by atoms with Crippen LogP contribution >= 0.6 is 0 Å². The Kier molecular flexibility index (Phi) is 6.10. The van der Waals surface area contributed by atoms with Gasteiger partial charge in [0.1, 0.15) is 5.75 Å². The molecular formula is C20H24N4O4. The van der Waals surface area contributed by atoms with E-state index in [2.05, 4.69) is 15.1 Å². The molecule has 1 fully saturated rings. The van der Waals surface area contributed by atoms with Gasteiger partial charge in [0.25, 0.3) is 5.69 Å². The number of aryl methyl sites for hydroxylation is 1. The number of para-hydroxylation sites is 2. The van der Waals surface area contributed by atoms with Gasteiger partial charge in [-0.1, -0.05) is 12.1 Å². The van der Waals surface area contributed by atoms with E-state index in [1.165, 1.54) is 12.1 Å². The summed E-state index contributed by atoms with van der Waals surface area (Å²) in [6.07, 6.45) is 0. The van der Waals surface area contributed by atoms with Crippen LogP contribution in [0.3, 0.4) is 0 Å². The van der Waals surface area contributed by atoms with Crippen LogP contribution in [0, 0.1) is 17.0 Å². The van der Waals surface area contributed by atoms with E-state index in [4.69, 9.17) is 4.74 Å². The first-order valence-electron chi connectivity index (χ1n) is 9.13. The van der Waals surface area contributed by atoms with Gasteiger partial charge in [-0.2, -0.15) is 0 Å². The van der Waals surface area contributed by atoms with Gasteiger partial charge in [-0.15, -0.1) is 0 Å². The van der Waals surface area contributed by atoms with E-state index in [-0.39, 0.29) is 18.1 Å². The summed E-state index contributed by atoms with van der Waals surface area (Å²) in [4.78, 5) is 27.1. The van der Waals surface area contributed by atoms with Crippen LogP contribution in [0.15, 0.2) is 42.5 Å². The average Bonchev–Trinajstić information content (AvgIpc) is 2.70. The van der Waals surface area contributed by atoms with E-state index >= 15 is 0 Å². The van der Waals surface area contributed by atoms with Gasteiger partial charge >= 0.3 is 0 Å². The zero-order valence-corrected chi connectivity index (χ0v) is 16.1. The van der Waals surface area contributed by atoms with E-state index in [0.29, 0.717) is 11.3 Å². The molecule has 0 bridgehead atoms. The number of hydrogen-bond acceptors (Lipinski definition) is 6. The van der Waals surface area contributed by atoms with Crippen LogP contribution in [0.1, 0.15) is 5.56 Å². The normalized spacial score (nSPS) is 14.6. The van der Waals surface area contributed by atoms with Crippen molar-refractivity contribution < 1.29 is 14.5 Å². The van der Waals surface area contributed by atoms with Crippen molar-refractivity contribution in [3.63, 3.8) is 0 Å². The van der Waals surface area contributed by atoms with Crippen molar-refractivity contribution in [3.8, 4) is 5.75 Å². The lowest BCUT2D eigenvalue weighted by Gasteiger charge is -2.36. The zero-order chi connectivity index (χ0) is 20.1. The van der Waals surface area contributed by atoms with Crippen molar-refractivity contribution in [2.45, 2.75) is 6.92 Å². The first kappa shape index (κ1) is 19.6. The third-order valence-corrected chi connectivity index (χ3v) is 4.86. The topological polar surface area (TPSA) is 88.0 Å². The van der Waals surface area contributed by atoms with Gasteiger partial charge in [0.05, 0.1) is 24.3 Å². The molecule has 0 saturated carbocycles. The molecule has 0 unspecified atom stereocenters. The number of rotatable bonds is 6. The number of non-ortho nitro benzene ring substituents is 1. The Hall–Kier alpha value is -3.13. The van der Waals surface area contributed by atoms with Crippen LogP contribution in [0.25, 0.3) is 0 Å². The Balaban J connectivity index is 1.53. The number of amides is 1. The van der Waals surface area contributed by atoms with E-state index in [0.717, 1.165) is 37.6 Å². The predicted octanol–water partition coefficient (Wildman–Crippen LogP) is 2.67.